The van der Waals surface area contributed by atoms with Crippen molar-refractivity contribution in [3.05, 3.63) is 0 Å². The minimum Gasteiger partial charge on any atom is -0.468 e. The van der Waals surface area contributed by atoms with Gasteiger partial charge in [-0.2, -0.15) is 0 Å². The molecule has 0 aliphatic carbocycles. The minimum atomic E-state index is -1.11. The van der Waals surface area contributed by atoms with Crippen molar-refractivity contribution in [2.75, 3.05) is 13.7 Å². The van der Waals surface area contributed by atoms with E-state index >= 15 is 0 Å². The van der Waals surface area contributed by atoms with Gasteiger partial charge in [-0.05, 0) is 19.3 Å². The van der Waals surface area contributed by atoms with Crippen LogP contribution in [-0.4, -0.2) is 25.7 Å². The Morgan fingerprint density at radius 1 is 0.850 bits per heavy atom. The summed E-state index contributed by atoms with van der Waals surface area (Å²) in [4.78, 5) is 24.4. The summed E-state index contributed by atoms with van der Waals surface area (Å²) in [5, 5.41) is 0. The van der Waals surface area contributed by atoms with Gasteiger partial charge in [0, 0.05) is 0 Å². The lowest BCUT2D eigenvalue weighted by molar-refractivity contribution is -0.172. The van der Waals surface area contributed by atoms with Crippen LogP contribution in [0.3, 0.4) is 0 Å². The molecule has 0 radical (unpaired) electrons. The van der Waals surface area contributed by atoms with Crippen LogP contribution in [0, 0.1) is 5.41 Å². The highest BCUT2D eigenvalue weighted by Crippen LogP contribution is 2.33. The molecule has 0 heterocycles. The van der Waals surface area contributed by atoms with Crippen molar-refractivity contribution in [3.8, 4) is 0 Å². The molecule has 0 amide bonds. The number of methoxy groups -OCH3 is 1. The standard InChI is InChI=1S/C16H30O4/c1-5-8-9-10-13-20-15(18)16(11-6-2,12-7-3)14(17)19-4/h5-13H2,1-4H3. The quantitative estimate of drug-likeness (QED) is 0.329. The fourth-order valence-corrected chi connectivity index (χ4v) is 2.50. The molecule has 0 rings (SSSR count). The van der Waals surface area contributed by atoms with Crippen molar-refractivity contribution >= 4 is 11.9 Å². The maximum Gasteiger partial charge on any atom is 0.323 e. The van der Waals surface area contributed by atoms with Gasteiger partial charge in [-0.15, -0.1) is 0 Å². The zero-order valence-corrected chi connectivity index (χ0v) is 13.5. The highest BCUT2D eigenvalue weighted by atomic mass is 16.6. The summed E-state index contributed by atoms with van der Waals surface area (Å²) in [5.41, 5.74) is -1.11. The zero-order valence-electron chi connectivity index (χ0n) is 13.5. The van der Waals surface area contributed by atoms with E-state index in [2.05, 4.69) is 6.92 Å². The number of hydrogen-bond acceptors (Lipinski definition) is 4. The first-order valence-electron chi connectivity index (χ1n) is 7.84. The Hall–Kier alpha value is -1.06. The molecule has 0 aromatic carbocycles. The largest absolute Gasteiger partial charge is 0.468 e. The van der Waals surface area contributed by atoms with Crippen molar-refractivity contribution < 1.29 is 19.1 Å². The number of rotatable bonds is 11. The first-order chi connectivity index (χ1) is 9.58. The Bertz CT molecular complexity index is 280. The van der Waals surface area contributed by atoms with Crippen molar-refractivity contribution in [1.29, 1.82) is 0 Å². The highest BCUT2D eigenvalue weighted by molar-refractivity contribution is 6.00. The van der Waals surface area contributed by atoms with Crippen LogP contribution >= 0.6 is 0 Å². The molecule has 0 aliphatic heterocycles. The first-order valence-corrected chi connectivity index (χ1v) is 7.84. The fourth-order valence-electron chi connectivity index (χ4n) is 2.50. The molecule has 0 spiro atoms. The normalized spacial score (nSPS) is 11.2. The number of hydrogen-bond donors (Lipinski definition) is 0. The Labute approximate surface area is 123 Å². The lowest BCUT2D eigenvalue weighted by Crippen LogP contribution is -2.41. The third kappa shape index (κ3) is 5.51. The second kappa shape index (κ2) is 10.7. The van der Waals surface area contributed by atoms with Gasteiger partial charge in [0.2, 0.25) is 0 Å². The SMILES string of the molecule is CCCCCCOC(=O)C(CCC)(CCC)C(=O)OC. The van der Waals surface area contributed by atoms with Crippen molar-refractivity contribution in [3.63, 3.8) is 0 Å². The predicted molar refractivity (Wildman–Crippen MR) is 79.4 cm³/mol. The molecule has 0 aliphatic rings. The number of carbonyl (C=O) groups excluding carboxylic acids is 2. The maximum atomic E-state index is 12.4. The molecule has 0 saturated carbocycles. The number of esters is 2. The number of unbranched alkanes of at least 4 members (excludes halogenated alkanes) is 3. The molecule has 4 nitrogen and oxygen atoms in total. The average molecular weight is 286 g/mol. The van der Waals surface area contributed by atoms with E-state index in [1.165, 1.54) is 7.11 Å². The second-order valence-corrected chi connectivity index (χ2v) is 5.27. The van der Waals surface area contributed by atoms with Gasteiger partial charge >= 0.3 is 11.9 Å². The van der Waals surface area contributed by atoms with Crippen LogP contribution in [0.4, 0.5) is 0 Å². The molecule has 0 aromatic rings. The fraction of sp³-hybridized carbons (Fsp3) is 0.875. The van der Waals surface area contributed by atoms with Crippen LogP contribution in [-0.2, 0) is 19.1 Å². The van der Waals surface area contributed by atoms with Crippen LogP contribution in [0.1, 0.15) is 72.1 Å². The van der Waals surface area contributed by atoms with Gasteiger partial charge in [0.15, 0.2) is 5.41 Å². The van der Waals surface area contributed by atoms with E-state index in [1.54, 1.807) is 0 Å². The highest BCUT2D eigenvalue weighted by Gasteiger charge is 2.46. The van der Waals surface area contributed by atoms with E-state index < -0.39 is 17.4 Å². The Morgan fingerprint density at radius 2 is 1.45 bits per heavy atom. The Balaban J connectivity index is 4.65. The summed E-state index contributed by atoms with van der Waals surface area (Å²) in [6.45, 7) is 6.45. The molecular weight excluding hydrogens is 256 g/mol. The molecule has 0 unspecified atom stereocenters. The van der Waals surface area contributed by atoms with Crippen LogP contribution in [0.5, 0.6) is 0 Å². The number of ether oxygens (including phenoxy) is 2. The molecule has 0 atom stereocenters. The molecule has 0 fully saturated rings. The van der Waals surface area contributed by atoms with Gasteiger partial charge in [-0.1, -0.05) is 52.9 Å². The third-order valence-electron chi connectivity index (χ3n) is 3.55. The maximum absolute atomic E-state index is 12.4. The van der Waals surface area contributed by atoms with E-state index in [-0.39, 0.29) is 0 Å². The summed E-state index contributed by atoms with van der Waals surface area (Å²) in [7, 11) is 1.33. The molecule has 20 heavy (non-hydrogen) atoms. The van der Waals surface area contributed by atoms with E-state index in [9.17, 15) is 9.59 Å². The average Bonchev–Trinajstić information content (AvgIpc) is 2.45. The summed E-state index contributed by atoms with van der Waals surface area (Å²) in [5.74, 6) is -0.871. The van der Waals surface area contributed by atoms with Gasteiger partial charge < -0.3 is 9.47 Å². The van der Waals surface area contributed by atoms with Crippen LogP contribution in [0.15, 0.2) is 0 Å². The van der Waals surface area contributed by atoms with E-state index in [0.717, 1.165) is 38.5 Å². The lowest BCUT2D eigenvalue weighted by atomic mass is 9.79. The molecule has 4 heteroatoms. The summed E-state index contributed by atoms with van der Waals surface area (Å²) in [6, 6.07) is 0. The zero-order chi connectivity index (χ0) is 15.4. The summed E-state index contributed by atoms with van der Waals surface area (Å²) < 4.78 is 10.2. The van der Waals surface area contributed by atoms with Crippen molar-refractivity contribution in [2.45, 2.75) is 72.1 Å². The van der Waals surface area contributed by atoms with Gasteiger partial charge in [0.1, 0.15) is 0 Å². The third-order valence-corrected chi connectivity index (χ3v) is 3.55. The smallest absolute Gasteiger partial charge is 0.323 e. The summed E-state index contributed by atoms with van der Waals surface area (Å²) >= 11 is 0. The van der Waals surface area contributed by atoms with Gasteiger partial charge in [-0.3, -0.25) is 9.59 Å². The van der Waals surface area contributed by atoms with Gasteiger partial charge in [0.05, 0.1) is 13.7 Å². The van der Waals surface area contributed by atoms with Crippen LogP contribution in [0.25, 0.3) is 0 Å². The first kappa shape index (κ1) is 18.9. The van der Waals surface area contributed by atoms with Crippen LogP contribution in [0.2, 0.25) is 0 Å². The molecule has 0 saturated heterocycles. The van der Waals surface area contributed by atoms with Gasteiger partial charge in [-0.25, -0.2) is 0 Å². The topological polar surface area (TPSA) is 52.6 Å². The molecule has 118 valence electrons. The predicted octanol–water partition coefficient (Wildman–Crippen LogP) is 3.87. The van der Waals surface area contributed by atoms with Gasteiger partial charge in [0.25, 0.3) is 0 Å². The number of carbonyl (C=O) groups is 2. The van der Waals surface area contributed by atoms with E-state index in [4.69, 9.17) is 9.47 Å². The summed E-state index contributed by atoms with van der Waals surface area (Å²) in [6.07, 6.45) is 6.67. The Kier molecular flexibility index (Phi) is 10.1. The lowest BCUT2D eigenvalue weighted by Gasteiger charge is -2.28. The molecular formula is C16H30O4. The molecule has 0 bridgehead atoms. The monoisotopic (exact) mass is 286 g/mol. The second-order valence-electron chi connectivity index (χ2n) is 5.27. The minimum absolute atomic E-state index is 0.394. The van der Waals surface area contributed by atoms with E-state index in [0.29, 0.717) is 19.4 Å². The molecule has 0 aromatic heterocycles. The van der Waals surface area contributed by atoms with Crippen molar-refractivity contribution in [1.82, 2.24) is 0 Å². The van der Waals surface area contributed by atoms with Crippen LogP contribution < -0.4 is 0 Å². The molecule has 0 N–H and O–H groups in total. The van der Waals surface area contributed by atoms with E-state index in [1.807, 2.05) is 13.8 Å². The van der Waals surface area contributed by atoms with Crippen molar-refractivity contribution in [2.24, 2.45) is 5.41 Å². The Morgan fingerprint density at radius 3 is 1.90 bits per heavy atom.